The van der Waals surface area contributed by atoms with Gasteiger partial charge in [0.1, 0.15) is 0 Å². The molecule has 0 saturated carbocycles. The molecule has 0 N–H and O–H groups in total. The Labute approximate surface area is 139 Å². The lowest BCUT2D eigenvalue weighted by Gasteiger charge is -2.35. The van der Waals surface area contributed by atoms with Gasteiger partial charge in [-0.2, -0.15) is 0 Å². The molecule has 0 amide bonds. The van der Waals surface area contributed by atoms with Gasteiger partial charge in [-0.05, 0) is 35.4 Å². The van der Waals surface area contributed by atoms with Crippen LogP contribution in [-0.2, 0) is 9.84 Å². The van der Waals surface area contributed by atoms with Crippen LogP contribution < -0.4 is 0 Å². The Hall–Kier alpha value is -1.61. The lowest BCUT2D eigenvalue weighted by atomic mass is 9.69. The molecule has 0 bridgehead atoms. The summed E-state index contributed by atoms with van der Waals surface area (Å²) in [5.74, 6) is 0.517. The minimum Gasteiger partial charge on any atom is -0.224 e. The minimum absolute atomic E-state index is 0.0964. The fourth-order valence-corrected chi connectivity index (χ4v) is 5.92. The monoisotopic (exact) mass is 328 g/mol. The standard InChI is InChI=1S/C20H24O2S/c1-14-9-11-16(12-10-14)19-15(2)20(3,4)13-23(21,22)18-8-6-5-7-17(18)19/h5-12,15,19H,13H2,1-4H3/t15-,19-/m1/s1. The van der Waals surface area contributed by atoms with Crippen molar-refractivity contribution in [2.45, 2.75) is 38.5 Å². The zero-order valence-corrected chi connectivity index (χ0v) is 15.0. The predicted molar refractivity (Wildman–Crippen MR) is 94.5 cm³/mol. The van der Waals surface area contributed by atoms with Gasteiger partial charge in [-0.15, -0.1) is 0 Å². The van der Waals surface area contributed by atoms with Gasteiger partial charge in [-0.1, -0.05) is 68.8 Å². The van der Waals surface area contributed by atoms with Crippen LogP contribution in [-0.4, -0.2) is 14.2 Å². The normalized spacial score (nSPS) is 25.4. The third kappa shape index (κ3) is 2.83. The second-order valence-corrected chi connectivity index (χ2v) is 9.42. The third-order valence-electron chi connectivity index (χ3n) is 5.32. The quantitative estimate of drug-likeness (QED) is 0.768. The number of benzene rings is 2. The summed E-state index contributed by atoms with van der Waals surface area (Å²) in [5, 5.41) is 0. The smallest absolute Gasteiger partial charge is 0.179 e. The first-order valence-electron chi connectivity index (χ1n) is 8.11. The molecule has 1 aliphatic rings. The molecule has 0 aliphatic carbocycles. The highest BCUT2D eigenvalue weighted by Crippen LogP contribution is 2.48. The van der Waals surface area contributed by atoms with Gasteiger partial charge in [0.05, 0.1) is 10.6 Å². The van der Waals surface area contributed by atoms with Gasteiger partial charge in [-0.3, -0.25) is 0 Å². The van der Waals surface area contributed by atoms with Crippen LogP contribution in [0.4, 0.5) is 0 Å². The Kier molecular flexibility index (Phi) is 3.88. The molecule has 1 heterocycles. The Balaban J connectivity index is 2.28. The van der Waals surface area contributed by atoms with Gasteiger partial charge in [0.15, 0.2) is 9.84 Å². The van der Waals surface area contributed by atoms with Crippen LogP contribution in [0, 0.1) is 18.3 Å². The fourth-order valence-electron chi connectivity index (χ4n) is 3.68. The van der Waals surface area contributed by atoms with E-state index in [1.807, 2.05) is 18.2 Å². The van der Waals surface area contributed by atoms with Crippen LogP contribution >= 0.6 is 0 Å². The Morgan fingerprint density at radius 3 is 2.26 bits per heavy atom. The summed E-state index contributed by atoms with van der Waals surface area (Å²) in [6.45, 7) is 8.40. The topological polar surface area (TPSA) is 34.1 Å². The third-order valence-corrected chi connectivity index (χ3v) is 7.49. The summed E-state index contributed by atoms with van der Waals surface area (Å²) in [6, 6.07) is 16.0. The molecule has 0 aromatic heterocycles. The Bertz CT molecular complexity index is 817. The number of aryl methyl sites for hydroxylation is 1. The van der Waals surface area contributed by atoms with Crippen LogP contribution in [0.25, 0.3) is 0 Å². The van der Waals surface area contributed by atoms with Crippen molar-refractivity contribution in [3.05, 3.63) is 65.2 Å². The van der Waals surface area contributed by atoms with Crippen molar-refractivity contribution in [1.29, 1.82) is 0 Å². The molecule has 23 heavy (non-hydrogen) atoms. The summed E-state index contributed by atoms with van der Waals surface area (Å²) in [6.07, 6.45) is 0. The van der Waals surface area contributed by atoms with E-state index < -0.39 is 9.84 Å². The molecular weight excluding hydrogens is 304 g/mol. The van der Waals surface area contributed by atoms with Gasteiger partial charge in [0.2, 0.25) is 0 Å². The van der Waals surface area contributed by atoms with E-state index in [2.05, 4.69) is 52.0 Å². The SMILES string of the molecule is Cc1ccc([C@@H]2c3ccccc3S(=O)(=O)CC(C)(C)[C@@H]2C)cc1. The van der Waals surface area contributed by atoms with Gasteiger partial charge in [0.25, 0.3) is 0 Å². The van der Waals surface area contributed by atoms with Crippen LogP contribution in [0.1, 0.15) is 43.4 Å². The number of hydrogen-bond acceptors (Lipinski definition) is 2. The molecule has 2 nitrogen and oxygen atoms in total. The van der Waals surface area contributed by atoms with E-state index in [1.54, 1.807) is 6.07 Å². The van der Waals surface area contributed by atoms with Gasteiger partial charge >= 0.3 is 0 Å². The van der Waals surface area contributed by atoms with Gasteiger partial charge in [0, 0.05) is 5.92 Å². The van der Waals surface area contributed by atoms with Crippen molar-refractivity contribution in [3.63, 3.8) is 0 Å². The van der Waals surface area contributed by atoms with E-state index in [9.17, 15) is 8.42 Å². The predicted octanol–water partition coefficient (Wildman–Crippen LogP) is 4.58. The first-order valence-corrected chi connectivity index (χ1v) is 9.76. The molecule has 1 aliphatic heterocycles. The van der Waals surface area contributed by atoms with Crippen molar-refractivity contribution in [2.75, 3.05) is 5.75 Å². The summed E-state index contributed by atoms with van der Waals surface area (Å²) < 4.78 is 25.8. The molecule has 2 aromatic rings. The Morgan fingerprint density at radius 1 is 1.00 bits per heavy atom. The summed E-state index contributed by atoms with van der Waals surface area (Å²) in [5.41, 5.74) is 3.07. The summed E-state index contributed by atoms with van der Waals surface area (Å²) in [4.78, 5) is 0.503. The molecule has 0 fully saturated rings. The molecule has 0 unspecified atom stereocenters. The second-order valence-electron chi connectivity index (χ2n) is 7.46. The molecule has 0 radical (unpaired) electrons. The van der Waals surface area contributed by atoms with Crippen LogP contribution in [0.2, 0.25) is 0 Å². The maximum atomic E-state index is 12.9. The second kappa shape index (κ2) is 5.48. The molecule has 2 atom stereocenters. The number of hydrogen-bond donors (Lipinski definition) is 0. The zero-order valence-electron chi connectivity index (χ0n) is 14.2. The molecule has 0 saturated heterocycles. The van der Waals surface area contributed by atoms with E-state index in [4.69, 9.17) is 0 Å². The van der Waals surface area contributed by atoms with E-state index in [-0.39, 0.29) is 23.0 Å². The van der Waals surface area contributed by atoms with Crippen molar-refractivity contribution in [2.24, 2.45) is 11.3 Å². The molecule has 122 valence electrons. The average Bonchev–Trinajstić information content (AvgIpc) is 2.53. The number of fused-ring (bicyclic) bond motifs is 1. The van der Waals surface area contributed by atoms with Crippen molar-refractivity contribution in [3.8, 4) is 0 Å². The lowest BCUT2D eigenvalue weighted by Crippen LogP contribution is -2.31. The van der Waals surface area contributed by atoms with Gasteiger partial charge in [-0.25, -0.2) is 8.42 Å². The summed E-state index contributed by atoms with van der Waals surface area (Å²) >= 11 is 0. The van der Waals surface area contributed by atoms with Crippen molar-refractivity contribution in [1.82, 2.24) is 0 Å². The van der Waals surface area contributed by atoms with E-state index in [0.29, 0.717) is 4.90 Å². The zero-order chi connectivity index (χ0) is 16.8. The molecular formula is C20H24O2S. The first kappa shape index (κ1) is 16.3. The number of rotatable bonds is 1. The average molecular weight is 328 g/mol. The highest BCUT2D eigenvalue weighted by atomic mass is 32.2. The molecule has 0 spiro atoms. The van der Waals surface area contributed by atoms with E-state index in [1.165, 1.54) is 11.1 Å². The highest BCUT2D eigenvalue weighted by Gasteiger charge is 2.43. The minimum atomic E-state index is -3.27. The van der Waals surface area contributed by atoms with E-state index in [0.717, 1.165) is 5.56 Å². The largest absolute Gasteiger partial charge is 0.224 e. The summed E-state index contributed by atoms with van der Waals surface area (Å²) in [7, 11) is -3.27. The fraction of sp³-hybridized carbons (Fsp3) is 0.400. The highest BCUT2D eigenvalue weighted by molar-refractivity contribution is 7.91. The molecule has 3 rings (SSSR count). The van der Waals surface area contributed by atoms with Crippen LogP contribution in [0.3, 0.4) is 0 Å². The maximum Gasteiger partial charge on any atom is 0.179 e. The number of sulfone groups is 1. The van der Waals surface area contributed by atoms with E-state index >= 15 is 0 Å². The van der Waals surface area contributed by atoms with Crippen LogP contribution in [0.15, 0.2) is 53.4 Å². The maximum absolute atomic E-state index is 12.9. The molecule has 2 aromatic carbocycles. The Morgan fingerprint density at radius 2 is 1.61 bits per heavy atom. The molecule has 3 heteroatoms. The van der Waals surface area contributed by atoms with Crippen molar-refractivity contribution < 1.29 is 8.42 Å². The first-order chi connectivity index (χ1) is 10.7. The van der Waals surface area contributed by atoms with Crippen molar-refractivity contribution >= 4 is 9.84 Å². The van der Waals surface area contributed by atoms with Gasteiger partial charge < -0.3 is 0 Å². The van der Waals surface area contributed by atoms with Crippen LogP contribution in [0.5, 0.6) is 0 Å². The lowest BCUT2D eigenvalue weighted by molar-refractivity contribution is 0.243.